The van der Waals surface area contributed by atoms with Crippen LogP contribution in [0.25, 0.3) is 0 Å². The first-order chi connectivity index (χ1) is 16.3. The fourth-order valence-corrected chi connectivity index (χ4v) is 3.57. The van der Waals surface area contributed by atoms with E-state index in [9.17, 15) is 14.4 Å². The first kappa shape index (κ1) is 24.6. The molecule has 0 radical (unpaired) electrons. The lowest BCUT2D eigenvalue weighted by Crippen LogP contribution is -2.47. The third kappa shape index (κ3) is 5.86. The summed E-state index contributed by atoms with van der Waals surface area (Å²) in [5.41, 5.74) is 2.10. The van der Waals surface area contributed by atoms with Gasteiger partial charge in [-0.2, -0.15) is 0 Å². The molecule has 180 valence electrons. The SMILES string of the molecule is CCOC(=O)C1=C(C(C)C)NC(=O)NC1c1ccc(OCC(=O)Nc2ccccc2)c(OC)c1. The molecule has 9 nitrogen and oxygen atoms in total. The molecule has 1 unspecified atom stereocenters. The van der Waals surface area contributed by atoms with Crippen LogP contribution in [0.5, 0.6) is 11.5 Å². The van der Waals surface area contributed by atoms with E-state index in [1.165, 1.54) is 7.11 Å². The lowest BCUT2D eigenvalue weighted by Gasteiger charge is -2.31. The Hall–Kier alpha value is -4.01. The second-order valence-electron chi connectivity index (χ2n) is 7.85. The van der Waals surface area contributed by atoms with Crippen molar-refractivity contribution in [1.29, 1.82) is 0 Å². The number of amides is 3. The summed E-state index contributed by atoms with van der Waals surface area (Å²) in [5.74, 6) is -0.245. The number of para-hydroxylation sites is 1. The summed E-state index contributed by atoms with van der Waals surface area (Å²) < 4.78 is 16.4. The number of carbonyl (C=O) groups is 3. The number of hydrogen-bond acceptors (Lipinski definition) is 6. The number of allylic oxidation sites excluding steroid dienone is 1. The number of methoxy groups -OCH3 is 1. The van der Waals surface area contributed by atoms with Gasteiger partial charge in [-0.15, -0.1) is 0 Å². The Labute approximate surface area is 198 Å². The number of benzene rings is 2. The highest BCUT2D eigenvalue weighted by molar-refractivity contribution is 5.95. The zero-order valence-electron chi connectivity index (χ0n) is 19.6. The third-order valence-electron chi connectivity index (χ3n) is 5.11. The minimum Gasteiger partial charge on any atom is -0.493 e. The van der Waals surface area contributed by atoms with E-state index in [1.807, 2.05) is 32.0 Å². The molecule has 0 saturated carbocycles. The first-order valence-electron chi connectivity index (χ1n) is 11.0. The summed E-state index contributed by atoms with van der Waals surface area (Å²) in [6, 6.07) is 12.9. The molecule has 0 saturated heterocycles. The number of carbonyl (C=O) groups excluding carboxylic acids is 3. The maximum atomic E-state index is 12.8. The molecule has 0 spiro atoms. The molecule has 9 heteroatoms. The van der Waals surface area contributed by atoms with Gasteiger partial charge in [0.2, 0.25) is 0 Å². The summed E-state index contributed by atoms with van der Waals surface area (Å²) in [6.07, 6.45) is 0. The predicted octanol–water partition coefficient (Wildman–Crippen LogP) is 3.54. The Balaban J connectivity index is 1.84. The minimum atomic E-state index is -0.741. The van der Waals surface area contributed by atoms with E-state index in [1.54, 1.807) is 37.3 Å². The molecule has 2 aromatic rings. The molecule has 1 atom stereocenters. The number of nitrogens with one attached hydrogen (secondary N) is 3. The average molecular weight is 468 g/mol. The molecule has 0 fully saturated rings. The van der Waals surface area contributed by atoms with Gasteiger partial charge in [-0.05, 0) is 42.7 Å². The molecule has 34 heavy (non-hydrogen) atoms. The van der Waals surface area contributed by atoms with Gasteiger partial charge in [0.1, 0.15) is 0 Å². The first-order valence-corrected chi connectivity index (χ1v) is 11.0. The van der Waals surface area contributed by atoms with Gasteiger partial charge >= 0.3 is 12.0 Å². The molecular formula is C25H29N3O6. The quantitative estimate of drug-likeness (QED) is 0.486. The Bertz CT molecular complexity index is 1080. The molecule has 1 aliphatic rings. The van der Waals surface area contributed by atoms with Gasteiger partial charge in [0.05, 0.1) is 25.3 Å². The molecule has 1 aliphatic heterocycles. The molecule has 3 N–H and O–H groups in total. The van der Waals surface area contributed by atoms with Crippen LogP contribution in [0.3, 0.4) is 0 Å². The van der Waals surface area contributed by atoms with Gasteiger partial charge in [0, 0.05) is 11.4 Å². The van der Waals surface area contributed by atoms with Crippen molar-refractivity contribution in [3.05, 3.63) is 65.4 Å². The van der Waals surface area contributed by atoms with E-state index >= 15 is 0 Å². The number of urea groups is 1. The highest BCUT2D eigenvalue weighted by Gasteiger charge is 2.35. The molecule has 3 amide bonds. The second-order valence-corrected chi connectivity index (χ2v) is 7.85. The normalized spacial score (nSPS) is 15.3. The predicted molar refractivity (Wildman–Crippen MR) is 126 cm³/mol. The van der Waals surface area contributed by atoms with Crippen molar-refractivity contribution in [2.24, 2.45) is 5.92 Å². The molecular weight excluding hydrogens is 438 g/mol. The Morgan fingerprint density at radius 1 is 1.09 bits per heavy atom. The number of rotatable bonds is 9. The van der Waals surface area contributed by atoms with Crippen molar-refractivity contribution >= 4 is 23.6 Å². The van der Waals surface area contributed by atoms with Gasteiger partial charge in [0.15, 0.2) is 18.1 Å². The van der Waals surface area contributed by atoms with Crippen LogP contribution in [0, 0.1) is 5.92 Å². The Kier molecular flexibility index (Phi) is 8.13. The highest BCUT2D eigenvalue weighted by Crippen LogP contribution is 2.35. The molecule has 0 aliphatic carbocycles. The van der Waals surface area contributed by atoms with E-state index < -0.39 is 18.0 Å². The minimum absolute atomic E-state index is 0.111. The smallest absolute Gasteiger partial charge is 0.338 e. The monoisotopic (exact) mass is 467 g/mol. The fourth-order valence-electron chi connectivity index (χ4n) is 3.57. The van der Waals surface area contributed by atoms with Crippen LogP contribution in [-0.4, -0.2) is 38.2 Å². The maximum Gasteiger partial charge on any atom is 0.338 e. The van der Waals surface area contributed by atoms with Crippen LogP contribution in [0.15, 0.2) is 59.8 Å². The van der Waals surface area contributed by atoms with E-state index in [2.05, 4.69) is 16.0 Å². The lowest BCUT2D eigenvalue weighted by molar-refractivity contribution is -0.139. The zero-order chi connectivity index (χ0) is 24.7. The number of ether oxygens (including phenoxy) is 3. The number of hydrogen-bond donors (Lipinski definition) is 3. The van der Waals surface area contributed by atoms with Crippen LogP contribution < -0.4 is 25.4 Å². The van der Waals surface area contributed by atoms with Crippen LogP contribution >= 0.6 is 0 Å². The van der Waals surface area contributed by atoms with E-state index in [-0.39, 0.29) is 25.0 Å². The van der Waals surface area contributed by atoms with E-state index in [4.69, 9.17) is 14.2 Å². The highest BCUT2D eigenvalue weighted by atomic mass is 16.5. The molecule has 0 aromatic heterocycles. The Morgan fingerprint density at radius 3 is 2.47 bits per heavy atom. The molecule has 1 heterocycles. The molecule has 3 rings (SSSR count). The van der Waals surface area contributed by atoms with Gasteiger partial charge in [-0.25, -0.2) is 9.59 Å². The summed E-state index contributed by atoms with van der Waals surface area (Å²) >= 11 is 0. The summed E-state index contributed by atoms with van der Waals surface area (Å²) in [5, 5.41) is 8.26. The fraction of sp³-hybridized carbons (Fsp3) is 0.320. The standard InChI is InChI=1S/C25H29N3O6/c1-5-33-24(30)21-22(15(2)3)27-25(31)28-23(21)16-11-12-18(19(13-16)32-4)34-14-20(29)26-17-9-7-6-8-10-17/h6-13,15,23H,5,14H2,1-4H3,(H,26,29)(H2,27,28,31). The van der Waals surface area contributed by atoms with Gasteiger partial charge in [-0.1, -0.05) is 38.1 Å². The van der Waals surface area contributed by atoms with Crippen LogP contribution in [0.1, 0.15) is 32.4 Å². The molecule has 2 aromatic carbocycles. The average Bonchev–Trinajstić information content (AvgIpc) is 2.82. The van der Waals surface area contributed by atoms with Gasteiger partial charge < -0.3 is 30.2 Å². The third-order valence-corrected chi connectivity index (χ3v) is 5.11. The summed E-state index contributed by atoms with van der Waals surface area (Å²) in [7, 11) is 1.47. The van der Waals surface area contributed by atoms with E-state index in [0.29, 0.717) is 34.0 Å². The van der Waals surface area contributed by atoms with Gasteiger partial charge in [0.25, 0.3) is 5.91 Å². The van der Waals surface area contributed by atoms with Crippen molar-refractivity contribution in [3.8, 4) is 11.5 Å². The van der Waals surface area contributed by atoms with Crippen molar-refractivity contribution in [1.82, 2.24) is 10.6 Å². The van der Waals surface area contributed by atoms with Crippen LogP contribution in [-0.2, 0) is 14.3 Å². The number of anilines is 1. The van der Waals surface area contributed by atoms with Gasteiger partial charge in [-0.3, -0.25) is 4.79 Å². The topological polar surface area (TPSA) is 115 Å². The largest absolute Gasteiger partial charge is 0.493 e. The lowest BCUT2D eigenvalue weighted by atomic mass is 9.91. The van der Waals surface area contributed by atoms with Crippen molar-refractivity contribution in [3.63, 3.8) is 0 Å². The zero-order valence-corrected chi connectivity index (χ0v) is 19.6. The van der Waals surface area contributed by atoms with Crippen molar-refractivity contribution in [2.45, 2.75) is 26.8 Å². The van der Waals surface area contributed by atoms with Crippen molar-refractivity contribution in [2.75, 3.05) is 25.6 Å². The van der Waals surface area contributed by atoms with Crippen LogP contribution in [0.2, 0.25) is 0 Å². The van der Waals surface area contributed by atoms with E-state index in [0.717, 1.165) is 0 Å². The second kappa shape index (κ2) is 11.2. The Morgan fingerprint density at radius 2 is 1.82 bits per heavy atom. The van der Waals surface area contributed by atoms with Crippen LogP contribution in [0.4, 0.5) is 10.5 Å². The number of esters is 1. The summed E-state index contributed by atoms with van der Waals surface area (Å²) in [6.45, 7) is 5.47. The summed E-state index contributed by atoms with van der Waals surface area (Å²) in [4.78, 5) is 37.3. The van der Waals surface area contributed by atoms with Crippen molar-refractivity contribution < 1.29 is 28.6 Å². The maximum absolute atomic E-state index is 12.8. The molecule has 0 bridgehead atoms.